The van der Waals surface area contributed by atoms with Crippen LogP contribution in [0.15, 0.2) is 24.3 Å². The quantitative estimate of drug-likeness (QED) is 0.877. The molecule has 4 nitrogen and oxygen atoms in total. The van der Waals surface area contributed by atoms with E-state index in [4.69, 9.17) is 10.5 Å². The minimum Gasteiger partial charge on any atom is -0.364 e. The molecular formula is C19H28N2O2. The van der Waals surface area contributed by atoms with Crippen LogP contribution in [0, 0.1) is 6.92 Å². The molecule has 2 aliphatic rings. The SMILES string of the molecule is Cc1cccc(C2(CNC(=O)[C@@H]3CC[C@H](CN)O3)CCCC2)c1. The number of ether oxygens (including phenoxy) is 1. The maximum Gasteiger partial charge on any atom is 0.249 e. The van der Waals surface area contributed by atoms with E-state index in [1.165, 1.54) is 24.0 Å². The summed E-state index contributed by atoms with van der Waals surface area (Å²) in [6.45, 7) is 3.34. The molecule has 4 heteroatoms. The lowest BCUT2D eigenvalue weighted by Gasteiger charge is -2.31. The van der Waals surface area contributed by atoms with Gasteiger partial charge in [0.1, 0.15) is 6.10 Å². The zero-order valence-corrected chi connectivity index (χ0v) is 14.0. The van der Waals surface area contributed by atoms with Crippen molar-refractivity contribution in [2.24, 2.45) is 5.73 Å². The molecule has 3 N–H and O–H groups in total. The smallest absolute Gasteiger partial charge is 0.249 e. The summed E-state index contributed by atoms with van der Waals surface area (Å²) in [5, 5.41) is 3.17. The molecule has 2 atom stereocenters. The molecule has 3 rings (SSSR count). The fraction of sp³-hybridized carbons (Fsp3) is 0.632. The van der Waals surface area contributed by atoms with Crippen molar-refractivity contribution in [1.29, 1.82) is 0 Å². The largest absolute Gasteiger partial charge is 0.364 e. The second kappa shape index (κ2) is 7.02. The van der Waals surface area contributed by atoms with Crippen LogP contribution in [0.4, 0.5) is 0 Å². The number of carbonyl (C=O) groups is 1. The van der Waals surface area contributed by atoms with Crippen molar-refractivity contribution >= 4 is 5.91 Å². The lowest BCUT2D eigenvalue weighted by molar-refractivity contribution is -0.132. The molecule has 1 aromatic rings. The summed E-state index contributed by atoms with van der Waals surface area (Å²) in [6, 6.07) is 8.73. The summed E-state index contributed by atoms with van der Waals surface area (Å²) in [6.07, 6.45) is 6.16. The van der Waals surface area contributed by atoms with Gasteiger partial charge in [-0.3, -0.25) is 4.79 Å². The molecule has 0 unspecified atom stereocenters. The van der Waals surface area contributed by atoms with E-state index in [1.54, 1.807) is 0 Å². The average Bonchev–Trinajstić information content (AvgIpc) is 3.23. The molecule has 1 aliphatic heterocycles. The lowest BCUT2D eigenvalue weighted by Crippen LogP contribution is -2.43. The second-order valence-corrected chi connectivity index (χ2v) is 7.13. The molecule has 23 heavy (non-hydrogen) atoms. The van der Waals surface area contributed by atoms with Crippen molar-refractivity contribution in [2.75, 3.05) is 13.1 Å². The summed E-state index contributed by atoms with van der Waals surface area (Å²) in [5.41, 5.74) is 8.36. The topological polar surface area (TPSA) is 64.4 Å². The fourth-order valence-corrected chi connectivity index (χ4v) is 4.04. The maximum absolute atomic E-state index is 12.4. The summed E-state index contributed by atoms with van der Waals surface area (Å²) in [7, 11) is 0. The first kappa shape index (κ1) is 16.5. The predicted octanol–water partition coefficient (Wildman–Crippen LogP) is 2.43. The van der Waals surface area contributed by atoms with Gasteiger partial charge in [0.2, 0.25) is 5.91 Å². The van der Waals surface area contributed by atoms with Crippen molar-refractivity contribution in [3.8, 4) is 0 Å². The van der Waals surface area contributed by atoms with Crippen molar-refractivity contribution < 1.29 is 9.53 Å². The molecule has 1 aromatic carbocycles. The van der Waals surface area contributed by atoms with Gasteiger partial charge in [0, 0.05) is 18.5 Å². The predicted molar refractivity (Wildman–Crippen MR) is 91.3 cm³/mol. The molecule has 0 aromatic heterocycles. The zero-order valence-electron chi connectivity index (χ0n) is 14.0. The summed E-state index contributed by atoms with van der Waals surface area (Å²) in [4.78, 5) is 12.4. The second-order valence-electron chi connectivity index (χ2n) is 7.13. The van der Waals surface area contributed by atoms with E-state index in [0.717, 1.165) is 25.7 Å². The highest BCUT2D eigenvalue weighted by Crippen LogP contribution is 2.41. The van der Waals surface area contributed by atoms with E-state index in [1.807, 2.05) is 0 Å². The highest BCUT2D eigenvalue weighted by Gasteiger charge is 2.37. The van der Waals surface area contributed by atoms with Gasteiger partial charge in [-0.2, -0.15) is 0 Å². The van der Waals surface area contributed by atoms with Gasteiger partial charge in [0.25, 0.3) is 0 Å². The van der Waals surface area contributed by atoms with Crippen LogP contribution in [0.5, 0.6) is 0 Å². The Morgan fingerprint density at radius 1 is 1.35 bits per heavy atom. The number of benzene rings is 1. The Morgan fingerprint density at radius 2 is 2.13 bits per heavy atom. The normalized spacial score (nSPS) is 26.3. The van der Waals surface area contributed by atoms with E-state index in [9.17, 15) is 4.79 Å². The van der Waals surface area contributed by atoms with Crippen LogP contribution in [0.1, 0.15) is 49.7 Å². The minimum atomic E-state index is -0.320. The van der Waals surface area contributed by atoms with E-state index < -0.39 is 0 Å². The van der Waals surface area contributed by atoms with E-state index in [2.05, 4.69) is 36.5 Å². The first-order chi connectivity index (χ1) is 11.1. The number of rotatable bonds is 5. The number of aryl methyl sites for hydroxylation is 1. The van der Waals surface area contributed by atoms with Gasteiger partial charge in [-0.15, -0.1) is 0 Å². The van der Waals surface area contributed by atoms with Crippen LogP contribution >= 0.6 is 0 Å². The summed E-state index contributed by atoms with van der Waals surface area (Å²) >= 11 is 0. The van der Waals surface area contributed by atoms with Gasteiger partial charge in [0.05, 0.1) is 6.10 Å². The summed E-state index contributed by atoms with van der Waals surface area (Å²) in [5.74, 6) is 0.0277. The number of carbonyl (C=O) groups excluding carboxylic acids is 1. The number of nitrogens with one attached hydrogen (secondary N) is 1. The third-order valence-electron chi connectivity index (χ3n) is 5.45. The number of hydrogen-bond acceptors (Lipinski definition) is 3. The standard InChI is InChI=1S/C19H28N2O2/c1-14-5-4-6-15(11-14)19(9-2-3-10-19)13-21-18(22)17-8-7-16(12-20)23-17/h4-6,11,16-17H,2-3,7-10,12-13,20H2,1H3,(H,21,22)/t16-,17+/m1/s1. The van der Waals surface area contributed by atoms with Gasteiger partial charge >= 0.3 is 0 Å². The first-order valence-electron chi connectivity index (χ1n) is 8.83. The number of amides is 1. The molecule has 0 bridgehead atoms. The molecule has 1 heterocycles. The molecule has 1 aliphatic carbocycles. The molecule has 1 saturated heterocycles. The molecule has 126 valence electrons. The van der Waals surface area contributed by atoms with Crippen LogP contribution in [0.3, 0.4) is 0 Å². The van der Waals surface area contributed by atoms with Gasteiger partial charge in [-0.25, -0.2) is 0 Å². The number of nitrogens with two attached hydrogens (primary N) is 1. The Balaban J connectivity index is 1.65. The van der Waals surface area contributed by atoms with Crippen molar-refractivity contribution in [3.05, 3.63) is 35.4 Å². The van der Waals surface area contributed by atoms with Gasteiger partial charge < -0.3 is 15.8 Å². The van der Waals surface area contributed by atoms with Crippen LogP contribution in [-0.4, -0.2) is 31.2 Å². The number of hydrogen-bond donors (Lipinski definition) is 2. The van der Waals surface area contributed by atoms with E-state index in [0.29, 0.717) is 13.1 Å². The Labute approximate surface area is 138 Å². The fourth-order valence-electron chi connectivity index (χ4n) is 4.04. The van der Waals surface area contributed by atoms with Gasteiger partial charge in [-0.05, 0) is 38.2 Å². The van der Waals surface area contributed by atoms with Crippen LogP contribution in [-0.2, 0) is 14.9 Å². The van der Waals surface area contributed by atoms with Crippen molar-refractivity contribution in [2.45, 2.75) is 63.1 Å². The monoisotopic (exact) mass is 316 g/mol. The van der Waals surface area contributed by atoms with Crippen LogP contribution < -0.4 is 11.1 Å². The highest BCUT2D eigenvalue weighted by molar-refractivity contribution is 5.81. The molecule has 1 saturated carbocycles. The Kier molecular flexibility index (Phi) is 5.02. The Morgan fingerprint density at radius 3 is 2.78 bits per heavy atom. The van der Waals surface area contributed by atoms with E-state index >= 15 is 0 Å². The van der Waals surface area contributed by atoms with Gasteiger partial charge in [0.15, 0.2) is 0 Å². The first-order valence-corrected chi connectivity index (χ1v) is 8.83. The Hall–Kier alpha value is -1.39. The third-order valence-corrected chi connectivity index (χ3v) is 5.45. The zero-order chi connectivity index (χ0) is 16.3. The molecule has 0 radical (unpaired) electrons. The van der Waals surface area contributed by atoms with Crippen LogP contribution in [0.2, 0.25) is 0 Å². The highest BCUT2D eigenvalue weighted by atomic mass is 16.5. The van der Waals surface area contributed by atoms with Gasteiger partial charge in [-0.1, -0.05) is 42.7 Å². The maximum atomic E-state index is 12.4. The van der Waals surface area contributed by atoms with Crippen LogP contribution in [0.25, 0.3) is 0 Å². The molecule has 1 amide bonds. The average molecular weight is 316 g/mol. The third kappa shape index (κ3) is 3.59. The lowest BCUT2D eigenvalue weighted by atomic mass is 9.78. The molecule has 2 fully saturated rings. The minimum absolute atomic E-state index is 0.0277. The van der Waals surface area contributed by atoms with Crippen molar-refractivity contribution in [1.82, 2.24) is 5.32 Å². The molecule has 0 spiro atoms. The molecular weight excluding hydrogens is 288 g/mol. The van der Waals surface area contributed by atoms with Crippen molar-refractivity contribution in [3.63, 3.8) is 0 Å². The van der Waals surface area contributed by atoms with E-state index in [-0.39, 0.29) is 23.5 Å². The summed E-state index contributed by atoms with van der Waals surface area (Å²) < 4.78 is 5.71. The Bertz CT molecular complexity index is 552.